The smallest absolute Gasteiger partial charge is 0.142 e. The first-order valence-electron chi connectivity index (χ1n) is 8.24. The van der Waals surface area contributed by atoms with Gasteiger partial charge >= 0.3 is 0 Å². The first kappa shape index (κ1) is 16.1. The van der Waals surface area contributed by atoms with Crippen LogP contribution in [0.25, 0.3) is 0 Å². The molecule has 1 radical (unpaired) electrons. The Balaban J connectivity index is 1.55. The van der Waals surface area contributed by atoms with Crippen LogP contribution in [0.5, 0.6) is 0 Å². The predicted octanol–water partition coefficient (Wildman–Crippen LogP) is 5.82. The van der Waals surface area contributed by atoms with Crippen LogP contribution in [0, 0.1) is 0 Å². The van der Waals surface area contributed by atoms with Crippen molar-refractivity contribution in [2.45, 2.75) is 44.6 Å². The average molecular weight is 327 g/mol. The molecule has 0 N–H and O–H groups in total. The van der Waals surface area contributed by atoms with Gasteiger partial charge in [0.2, 0.25) is 0 Å². The molecule has 0 aromatic heterocycles. The number of nitrogens with zero attached hydrogens (tertiary/aromatic N) is 1. The summed E-state index contributed by atoms with van der Waals surface area (Å²) in [7, 11) is 0. The average Bonchev–Trinajstić information content (AvgIpc) is 2.61. The maximum atomic E-state index is 5.86. The van der Waals surface area contributed by atoms with Gasteiger partial charge in [-0.15, -0.1) is 0 Å². The van der Waals surface area contributed by atoms with Crippen LogP contribution in [0.4, 0.5) is 0 Å². The van der Waals surface area contributed by atoms with Gasteiger partial charge in [-0.3, -0.25) is 0 Å². The summed E-state index contributed by atoms with van der Waals surface area (Å²) in [5.41, 5.74) is 3.42. The zero-order valence-electron chi connectivity index (χ0n) is 13.2. The monoisotopic (exact) mass is 326 g/mol. The van der Waals surface area contributed by atoms with Gasteiger partial charge < -0.3 is 4.84 Å². The lowest BCUT2D eigenvalue weighted by molar-refractivity contribution is 0.132. The van der Waals surface area contributed by atoms with E-state index in [0.717, 1.165) is 16.1 Å². The lowest BCUT2D eigenvalue weighted by Crippen LogP contribution is -2.04. The first-order valence-corrected chi connectivity index (χ1v) is 8.61. The van der Waals surface area contributed by atoms with Gasteiger partial charge in [0.15, 0.2) is 0 Å². The second-order valence-corrected chi connectivity index (χ2v) is 6.50. The Morgan fingerprint density at radius 3 is 2.61 bits per heavy atom. The minimum atomic E-state index is 0.423. The van der Waals surface area contributed by atoms with Crippen molar-refractivity contribution in [2.24, 2.45) is 5.16 Å². The topological polar surface area (TPSA) is 21.6 Å². The van der Waals surface area contributed by atoms with Gasteiger partial charge in [0, 0.05) is 10.6 Å². The SMILES string of the molecule is Clc1ccc(CO/N=[C]\c2cccc(C3CCCCC3)c2)cc1. The molecular weight excluding hydrogens is 306 g/mol. The van der Waals surface area contributed by atoms with Crippen LogP contribution in [0.2, 0.25) is 5.02 Å². The highest BCUT2D eigenvalue weighted by molar-refractivity contribution is 6.30. The molecule has 119 valence electrons. The predicted molar refractivity (Wildman–Crippen MR) is 95.0 cm³/mol. The summed E-state index contributed by atoms with van der Waals surface area (Å²) in [6, 6.07) is 16.1. The molecule has 2 nitrogen and oxygen atoms in total. The largest absolute Gasteiger partial charge is 0.390 e. The molecular formula is C20H21ClNO. The molecule has 0 atom stereocenters. The van der Waals surface area contributed by atoms with E-state index in [2.05, 4.69) is 29.6 Å². The van der Waals surface area contributed by atoms with E-state index in [4.69, 9.17) is 16.4 Å². The fraction of sp³-hybridized carbons (Fsp3) is 0.350. The second kappa shape index (κ2) is 8.16. The Morgan fingerprint density at radius 1 is 1.04 bits per heavy atom. The van der Waals surface area contributed by atoms with Crippen molar-refractivity contribution in [1.29, 1.82) is 0 Å². The highest BCUT2D eigenvalue weighted by Crippen LogP contribution is 2.32. The fourth-order valence-corrected chi connectivity index (χ4v) is 3.20. The lowest BCUT2D eigenvalue weighted by Gasteiger charge is -2.22. The molecule has 1 saturated carbocycles. The van der Waals surface area contributed by atoms with Gasteiger partial charge in [0.05, 0.1) is 0 Å². The molecule has 0 heterocycles. The van der Waals surface area contributed by atoms with E-state index < -0.39 is 0 Å². The Kier molecular flexibility index (Phi) is 5.71. The van der Waals surface area contributed by atoms with Crippen molar-refractivity contribution in [3.05, 3.63) is 70.2 Å². The van der Waals surface area contributed by atoms with E-state index in [1.54, 1.807) is 0 Å². The summed E-state index contributed by atoms with van der Waals surface area (Å²) in [4.78, 5) is 5.32. The molecule has 1 aliphatic rings. The lowest BCUT2D eigenvalue weighted by atomic mass is 9.84. The van der Waals surface area contributed by atoms with Crippen molar-refractivity contribution in [2.75, 3.05) is 0 Å². The van der Waals surface area contributed by atoms with Crippen LogP contribution in [0.15, 0.2) is 53.7 Å². The number of halogens is 1. The normalized spacial score (nSPS) is 15.9. The summed E-state index contributed by atoms with van der Waals surface area (Å²) in [6.07, 6.45) is 9.65. The standard InChI is InChI=1S/C20H21ClNO/c21-20-11-9-16(10-12-20)15-23-22-14-17-5-4-8-19(13-17)18-6-2-1-3-7-18/h4-5,8-13,18H,1-3,6-7,15H2. The van der Waals surface area contributed by atoms with Crippen molar-refractivity contribution in [3.8, 4) is 0 Å². The van der Waals surface area contributed by atoms with E-state index in [9.17, 15) is 0 Å². The van der Waals surface area contributed by atoms with Crippen molar-refractivity contribution in [3.63, 3.8) is 0 Å². The Bertz CT molecular complexity index is 645. The summed E-state index contributed by atoms with van der Waals surface area (Å²) in [6.45, 7) is 0.423. The molecule has 0 aliphatic heterocycles. The van der Waals surface area contributed by atoms with Gasteiger partial charge in [0.25, 0.3) is 0 Å². The molecule has 1 fully saturated rings. The minimum Gasteiger partial charge on any atom is -0.390 e. The van der Waals surface area contributed by atoms with Gasteiger partial charge in [-0.2, -0.15) is 0 Å². The number of hydrogen-bond donors (Lipinski definition) is 0. The van der Waals surface area contributed by atoms with Crippen molar-refractivity contribution < 1.29 is 4.84 Å². The molecule has 3 rings (SSSR count). The van der Waals surface area contributed by atoms with Crippen LogP contribution in [0.1, 0.15) is 54.7 Å². The minimum absolute atomic E-state index is 0.423. The van der Waals surface area contributed by atoms with Crippen LogP contribution >= 0.6 is 11.6 Å². The highest BCUT2D eigenvalue weighted by Gasteiger charge is 2.15. The molecule has 1 aliphatic carbocycles. The van der Waals surface area contributed by atoms with Crippen molar-refractivity contribution >= 4 is 17.8 Å². The maximum absolute atomic E-state index is 5.86. The molecule has 0 amide bonds. The number of rotatable bonds is 5. The van der Waals surface area contributed by atoms with E-state index in [0.29, 0.717) is 12.5 Å². The molecule has 0 bridgehead atoms. The van der Waals surface area contributed by atoms with E-state index in [-0.39, 0.29) is 0 Å². The Morgan fingerprint density at radius 2 is 1.83 bits per heavy atom. The summed E-state index contributed by atoms with van der Waals surface area (Å²) >= 11 is 5.86. The summed E-state index contributed by atoms with van der Waals surface area (Å²) in [5.74, 6) is 0.695. The third-order valence-corrected chi connectivity index (χ3v) is 4.60. The van der Waals surface area contributed by atoms with Crippen LogP contribution < -0.4 is 0 Å². The Labute approximate surface area is 143 Å². The van der Waals surface area contributed by atoms with Gasteiger partial charge in [-0.25, -0.2) is 0 Å². The van der Waals surface area contributed by atoms with E-state index in [1.807, 2.05) is 30.3 Å². The van der Waals surface area contributed by atoms with E-state index in [1.165, 1.54) is 37.7 Å². The molecule has 2 aromatic rings. The van der Waals surface area contributed by atoms with Crippen LogP contribution in [-0.4, -0.2) is 6.21 Å². The summed E-state index contributed by atoms with van der Waals surface area (Å²) < 4.78 is 0. The third kappa shape index (κ3) is 4.84. The maximum Gasteiger partial charge on any atom is 0.142 e. The van der Waals surface area contributed by atoms with Crippen LogP contribution in [-0.2, 0) is 11.4 Å². The molecule has 23 heavy (non-hydrogen) atoms. The van der Waals surface area contributed by atoms with Crippen molar-refractivity contribution in [1.82, 2.24) is 0 Å². The molecule has 0 spiro atoms. The highest BCUT2D eigenvalue weighted by atomic mass is 35.5. The first-order chi connectivity index (χ1) is 11.3. The molecule has 0 unspecified atom stereocenters. The third-order valence-electron chi connectivity index (χ3n) is 4.35. The van der Waals surface area contributed by atoms with Gasteiger partial charge in [-0.05, 0) is 48.1 Å². The van der Waals surface area contributed by atoms with Gasteiger partial charge in [-0.1, -0.05) is 66.4 Å². The fourth-order valence-electron chi connectivity index (χ4n) is 3.07. The van der Waals surface area contributed by atoms with Gasteiger partial charge in [0.1, 0.15) is 12.8 Å². The zero-order valence-corrected chi connectivity index (χ0v) is 13.9. The molecule has 0 saturated heterocycles. The summed E-state index contributed by atoms with van der Waals surface area (Å²) in [5, 5.41) is 4.69. The Hall–Kier alpha value is -1.80. The molecule has 3 heteroatoms. The quantitative estimate of drug-likeness (QED) is 0.501. The van der Waals surface area contributed by atoms with E-state index >= 15 is 0 Å². The van der Waals surface area contributed by atoms with Crippen LogP contribution in [0.3, 0.4) is 0 Å². The number of hydrogen-bond acceptors (Lipinski definition) is 2. The number of benzene rings is 2. The molecule has 2 aromatic carbocycles. The zero-order chi connectivity index (χ0) is 15.9. The second-order valence-electron chi connectivity index (χ2n) is 6.06.